The van der Waals surface area contributed by atoms with Crippen molar-refractivity contribution in [2.75, 3.05) is 6.54 Å². The third kappa shape index (κ3) is 2.44. The highest BCUT2D eigenvalue weighted by Gasteiger charge is 2.30. The van der Waals surface area contributed by atoms with Crippen LogP contribution in [0.2, 0.25) is 0 Å². The van der Waals surface area contributed by atoms with Gasteiger partial charge in [-0.3, -0.25) is 14.7 Å². The van der Waals surface area contributed by atoms with Gasteiger partial charge in [0.2, 0.25) is 0 Å². The first-order chi connectivity index (χ1) is 11.5. The Kier molecular flexibility index (Phi) is 3.51. The minimum absolute atomic E-state index is 0.0630. The van der Waals surface area contributed by atoms with Crippen LogP contribution in [-0.2, 0) is 25.8 Å². The number of aromatic amines is 2. The Morgan fingerprint density at radius 1 is 1.29 bits per heavy atom. The molecule has 1 unspecified atom stereocenters. The number of nitrogens with zero attached hydrogens (tertiary/aromatic N) is 3. The van der Waals surface area contributed by atoms with Crippen LogP contribution in [0, 0.1) is 12.8 Å². The van der Waals surface area contributed by atoms with Gasteiger partial charge in [-0.15, -0.1) is 0 Å². The van der Waals surface area contributed by atoms with Gasteiger partial charge in [0.05, 0.1) is 12.2 Å². The van der Waals surface area contributed by atoms with Crippen molar-refractivity contribution >= 4 is 5.91 Å². The van der Waals surface area contributed by atoms with E-state index in [1.165, 1.54) is 0 Å². The molecule has 3 heterocycles. The Balaban J connectivity index is 1.63. The molecule has 2 aromatic heterocycles. The first-order valence-electron chi connectivity index (χ1n) is 8.47. The smallest absolute Gasteiger partial charge is 0.275 e. The molecule has 126 valence electrons. The average molecular weight is 327 g/mol. The lowest BCUT2D eigenvalue weighted by atomic mass is 9.87. The Morgan fingerprint density at radius 3 is 2.96 bits per heavy atom. The van der Waals surface area contributed by atoms with E-state index in [1.54, 1.807) is 11.8 Å². The quantitative estimate of drug-likeness (QED) is 0.821. The summed E-state index contributed by atoms with van der Waals surface area (Å²) in [5, 5.41) is 7.33. The second-order valence-electron chi connectivity index (χ2n) is 6.93. The lowest BCUT2D eigenvalue weighted by Gasteiger charge is -2.28. The molecule has 0 saturated carbocycles. The molecule has 1 aliphatic carbocycles. The second kappa shape index (κ2) is 5.58. The number of aromatic nitrogens is 4. The van der Waals surface area contributed by atoms with Gasteiger partial charge in [0.1, 0.15) is 5.82 Å². The molecule has 0 saturated heterocycles. The number of carbonyl (C=O) groups excluding carboxylic acids is 1. The Morgan fingerprint density at radius 2 is 2.12 bits per heavy atom. The number of nitrogens with one attached hydrogen (secondary N) is 2. The Bertz CT molecular complexity index is 866. The maximum Gasteiger partial charge on any atom is 0.275 e. The molecule has 7 heteroatoms. The predicted octanol–water partition coefficient (Wildman–Crippen LogP) is 1.12. The van der Waals surface area contributed by atoms with Crippen LogP contribution in [-0.4, -0.2) is 37.5 Å². The van der Waals surface area contributed by atoms with E-state index < -0.39 is 0 Å². The van der Waals surface area contributed by atoms with E-state index in [2.05, 4.69) is 27.1 Å². The minimum Gasteiger partial charge on any atom is -0.331 e. The molecule has 1 aliphatic heterocycles. The van der Waals surface area contributed by atoms with Crippen LogP contribution in [0.25, 0.3) is 0 Å². The molecule has 2 aromatic rings. The fourth-order valence-corrected chi connectivity index (χ4v) is 3.73. The van der Waals surface area contributed by atoms with Crippen molar-refractivity contribution < 1.29 is 4.79 Å². The van der Waals surface area contributed by atoms with Crippen molar-refractivity contribution in [3.63, 3.8) is 0 Å². The number of H-pyrrole nitrogens is 2. The predicted molar refractivity (Wildman–Crippen MR) is 87.8 cm³/mol. The zero-order valence-corrected chi connectivity index (χ0v) is 14.0. The molecule has 7 nitrogen and oxygen atoms in total. The van der Waals surface area contributed by atoms with Crippen molar-refractivity contribution in [1.29, 1.82) is 0 Å². The Hall–Kier alpha value is -2.44. The molecule has 0 radical (unpaired) electrons. The maximum absolute atomic E-state index is 12.9. The molecule has 0 fully saturated rings. The van der Waals surface area contributed by atoms with Gasteiger partial charge in [-0.25, -0.2) is 4.98 Å². The molecular formula is C17H21N5O2. The number of aryl methyl sites for hydroxylation is 2. The van der Waals surface area contributed by atoms with Crippen LogP contribution in [0.4, 0.5) is 0 Å². The second-order valence-corrected chi connectivity index (χ2v) is 6.93. The fraction of sp³-hybridized carbons (Fsp3) is 0.529. The topological polar surface area (TPSA) is 94.7 Å². The van der Waals surface area contributed by atoms with Crippen LogP contribution in [0.1, 0.15) is 52.2 Å². The highest BCUT2D eigenvalue weighted by atomic mass is 16.2. The van der Waals surface area contributed by atoms with Gasteiger partial charge in [-0.1, -0.05) is 6.92 Å². The van der Waals surface area contributed by atoms with Crippen molar-refractivity contribution in [1.82, 2.24) is 25.1 Å². The highest BCUT2D eigenvalue weighted by Crippen LogP contribution is 2.27. The molecule has 2 aliphatic rings. The summed E-state index contributed by atoms with van der Waals surface area (Å²) in [6.45, 7) is 4.86. The third-order valence-corrected chi connectivity index (χ3v) is 5.07. The molecule has 1 atom stereocenters. The van der Waals surface area contributed by atoms with Crippen LogP contribution >= 0.6 is 0 Å². The number of rotatable bonds is 1. The van der Waals surface area contributed by atoms with E-state index in [0.29, 0.717) is 48.2 Å². The molecule has 4 rings (SSSR count). The van der Waals surface area contributed by atoms with Gasteiger partial charge in [0, 0.05) is 23.4 Å². The minimum atomic E-state index is -0.0874. The summed E-state index contributed by atoms with van der Waals surface area (Å²) in [6, 6.07) is 0. The maximum atomic E-state index is 12.9. The van der Waals surface area contributed by atoms with Crippen molar-refractivity contribution in [3.8, 4) is 0 Å². The number of hydrogen-bond acceptors (Lipinski definition) is 4. The van der Waals surface area contributed by atoms with Crippen LogP contribution < -0.4 is 5.56 Å². The Labute approximate surface area is 139 Å². The van der Waals surface area contributed by atoms with E-state index in [0.717, 1.165) is 30.5 Å². The SMILES string of the molecule is Cc1nc2c(c(=O)[nH]1)CCN(C(=O)c1n[nH]c3c1CC(C)CC3)C2. The van der Waals surface area contributed by atoms with E-state index in [-0.39, 0.29) is 11.5 Å². The molecule has 0 aromatic carbocycles. The van der Waals surface area contributed by atoms with Crippen LogP contribution in [0.15, 0.2) is 4.79 Å². The molecular weight excluding hydrogens is 306 g/mol. The monoisotopic (exact) mass is 327 g/mol. The zero-order valence-electron chi connectivity index (χ0n) is 14.0. The summed E-state index contributed by atoms with van der Waals surface area (Å²) in [6.07, 6.45) is 3.52. The van der Waals surface area contributed by atoms with Crippen LogP contribution in [0.3, 0.4) is 0 Å². The van der Waals surface area contributed by atoms with E-state index >= 15 is 0 Å². The first kappa shape index (κ1) is 15.1. The van der Waals surface area contributed by atoms with Gasteiger partial charge >= 0.3 is 0 Å². The largest absolute Gasteiger partial charge is 0.331 e. The lowest BCUT2D eigenvalue weighted by molar-refractivity contribution is 0.0723. The lowest BCUT2D eigenvalue weighted by Crippen LogP contribution is -2.39. The standard InChI is InChI=1S/C17H21N5O2/c1-9-3-4-13-12(7-9)15(21-20-13)17(24)22-6-5-11-14(8-22)18-10(2)19-16(11)23/h9H,3-8H2,1-2H3,(H,20,21)(H,18,19,23). The summed E-state index contributed by atoms with van der Waals surface area (Å²) >= 11 is 0. The highest BCUT2D eigenvalue weighted by molar-refractivity contribution is 5.94. The van der Waals surface area contributed by atoms with Crippen molar-refractivity contribution in [2.24, 2.45) is 5.92 Å². The van der Waals surface area contributed by atoms with Crippen molar-refractivity contribution in [2.45, 2.75) is 46.1 Å². The number of amides is 1. The number of carbonyl (C=O) groups is 1. The van der Waals surface area contributed by atoms with Gasteiger partial charge in [-0.2, -0.15) is 5.10 Å². The van der Waals surface area contributed by atoms with E-state index in [9.17, 15) is 9.59 Å². The zero-order chi connectivity index (χ0) is 16.8. The van der Waals surface area contributed by atoms with E-state index in [4.69, 9.17) is 0 Å². The van der Waals surface area contributed by atoms with Gasteiger partial charge < -0.3 is 9.88 Å². The molecule has 1 amide bonds. The first-order valence-corrected chi connectivity index (χ1v) is 8.47. The summed E-state index contributed by atoms with van der Waals surface area (Å²) in [4.78, 5) is 33.8. The van der Waals surface area contributed by atoms with E-state index in [1.807, 2.05) is 0 Å². The van der Waals surface area contributed by atoms with Gasteiger partial charge in [0.25, 0.3) is 11.5 Å². The van der Waals surface area contributed by atoms with Crippen molar-refractivity contribution in [3.05, 3.63) is 44.4 Å². The number of hydrogen-bond donors (Lipinski definition) is 2. The molecule has 24 heavy (non-hydrogen) atoms. The normalized spacial score (nSPS) is 19.8. The molecule has 2 N–H and O–H groups in total. The molecule has 0 spiro atoms. The van der Waals surface area contributed by atoms with Gasteiger partial charge in [0.15, 0.2) is 5.69 Å². The summed E-state index contributed by atoms with van der Waals surface area (Å²) in [5.41, 5.74) is 4.02. The van der Waals surface area contributed by atoms with Gasteiger partial charge in [-0.05, 0) is 38.5 Å². The summed E-state index contributed by atoms with van der Waals surface area (Å²) < 4.78 is 0. The summed E-state index contributed by atoms with van der Waals surface area (Å²) in [7, 11) is 0. The molecule has 0 bridgehead atoms. The average Bonchev–Trinajstić information content (AvgIpc) is 2.96. The number of fused-ring (bicyclic) bond motifs is 2. The summed E-state index contributed by atoms with van der Waals surface area (Å²) in [5.74, 6) is 1.10. The van der Waals surface area contributed by atoms with Crippen LogP contribution in [0.5, 0.6) is 0 Å². The fourth-order valence-electron chi connectivity index (χ4n) is 3.73. The third-order valence-electron chi connectivity index (χ3n) is 5.07.